The van der Waals surface area contributed by atoms with Gasteiger partial charge in [-0.3, -0.25) is 4.79 Å². The number of hydrogen-bond donors (Lipinski definition) is 1. The first-order valence-electron chi connectivity index (χ1n) is 8.18. The van der Waals surface area contributed by atoms with E-state index in [1.807, 2.05) is 24.3 Å². The molecule has 3 nitrogen and oxygen atoms in total. The average Bonchev–Trinajstić information content (AvgIpc) is 2.86. The second-order valence-corrected chi connectivity index (χ2v) is 6.59. The molecule has 24 heavy (non-hydrogen) atoms. The number of hydrogen-bond acceptors (Lipinski definition) is 3. The van der Waals surface area contributed by atoms with E-state index in [-0.39, 0.29) is 24.3 Å². The second-order valence-electron chi connectivity index (χ2n) is 6.59. The highest BCUT2D eigenvalue weighted by atomic mass is 35.5. The molecule has 0 aromatic heterocycles. The van der Waals surface area contributed by atoms with Crippen LogP contribution in [0.15, 0.2) is 48.5 Å². The quantitative estimate of drug-likeness (QED) is 0.829. The molecular formula is C20H24ClNO2. The summed E-state index contributed by atoms with van der Waals surface area (Å²) in [6.45, 7) is 4.45. The lowest BCUT2D eigenvalue weighted by molar-refractivity contribution is -0.145. The van der Waals surface area contributed by atoms with Crippen LogP contribution in [0.1, 0.15) is 37.3 Å². The zero-order valence-electron chi connectivity index (χ0n) is 14.1. The highest BCUT2D eigenvalue weighted by Gasteiger charge is 2.29. The Morgan fingerprint density at radius 2 is 1.54 bits per heavy atom. The molecule has 0 fully saturated rings. The van der Waals surface area contributed by atoms with Crippen molar-refractivity contribution in [3.8, 4) is 11.1 Å². The Kier molecular flexibility index (Phi) is 6.03. The number of fused-ring (bicyclic) bond motifs is 3. The lowest BCUT2D eigenvalue weighted by atomic mass is 9.98. The van der Waals surface area contributed by atoms with Crippen LogP contribution in [0.2, 0.25) is 0 Å². The lowest BCUT2D eigenvalue weighted by Gasteiger charge is -2.17. The highest BCUT2D eigenvalue weighted by molar-refractivity contribution is 5.85. The molecule has 3 rings (SSSR count). The average molecular weight is 346 g/mol. The van der Waals surface area contributed by atoms with Crippen LogP contribution in [-0.2, 0) is 9.53 Å². The van der Waals surface area contributed by atoms with Gasteiger partial charge in [-0.15, -0.1) is 12.4 Å². The molecule has 2 aromatic carbocycles. The van der Waals surface area contributed by atoms with Crippen LogP contribution in [0.4, 0.5) is 0 Å². The van der Waals surface area contributed by atoms with Gasteiger partial charge in [0.1, 0.15) is 12.6 Å². The Bertz CT molecular complexity index is 669. The molecule has 0 amide bonds. The van der Waals surface area contributed by atoms with Crippen LogP contribution >= 0.6 is 12.4 Å². The molecule has 0 spiro atoms. The highest BCUT2D eigenvalue weighted by Crippen LogP contribution is 2.44. The first kappa shape index (κ1) is 18.5. The number of halogens is 1. The smallest absolute Gasteiger partial charge is 0.322 e. The van der Waals surface area contributed by atoms with Crippen molar-refractivity contribution >= 4 is 18.4 Å². The Morgan fingerprint density at radius 1 is 1.04 bits per heavy atom. The van der Waals surface area contributed by atoms with E-state index >= 15 is 0 Å². The SMILES string of the molecule is CC(C)C[C@H](N)C(=O)OCC1c2ccccc2-c2ccccc21.Cl. The summed E-state index contributed by atoms with van der Waals surface area (Å²) in [7, 11) is 0. The number of nitrogens with two attached hydrogens (primary N) is 1. The van der Waals surface area contributed by atoms with E-state index in [1.54, 1.807) is 0 Å². The van der Waals surface area contributed by atoms with Gasteiger partial charge in [0.15, 0.2) is 0 Å². The predicted octanol–water partition coefficient (Wildman–Crippen LogP) is 4.14. The molecule has 2 aromatic rings. The third kappa shape index (κ3) is 3.63. The molecule has 0 unspecified atom stereocenters. The van der Waals surface area contributed by atoms with Gasteiger partial charge in [0, 0.05) is 5.92 Å². The number of rotatable bonds is 5. The first-order chi connectivity index (χ1) is 11.1. The third-order valence-corrected chi connectivity index (χ3v) is 4.38. The van der Waals surface area contributed by atoms with Crippen LogP contribution in [-0.4, -0.2) is 18.6 Å². The molecule has 4 heteroatoms. The predicted molar refractivity (Wildman–Crippen MR) is 99.4 cm³/mol. The third-order valence-electron chi connectivity index (χ3n) is 4.38. The Morgan fingerprint density at radius 3 is 2.04 bits per heavy atom. The maximum Gasteiger partial charge on any atom is 0.322 e. The second kappa shape index (κ2) is 7.82. The number of carbonyl (C=O) groups is 1. The van der Waals surface area contributed by atoms with Crippen molar-refractivity contribution in [2.45, 2.75) is 32.2 Å². The normalized spacial score (nSPS) is 13.8. The van der Waals surface area contributed by atoms with E-state index in [4.69, 9.17) is 10.5 Å². The summed E-state index contributed by atoms with van der Waals surface area (Å²) in [4.78, 5) is 12.1. The molecule has 0 heterocycles. The van der Waals surface area contributed by atoms with Crippen LogP contribution in [0, 0.1) is 5.92 Å². The van der Waals surface area contributed by atoms with Gasteiger partial charge in [-0.25, -0.2) is 0 Å². The fourth-order valence-corrected chi connectivity index (χ4v) is 3.32. The van der Waals surface area contributed by atoms with Crippen molar-refractivity contribution in [2.75, 3.05) is 6.61 Å². The molecule has 1 aliphatic rings. The maximum atomic E-state index is 12.1. The van der Waals surface area contributed by atoms with E-state index in [0.29, 0.717) is 18.9 Å². The van der Waals surface area contributed by atoms with Crippen molar-refractivity contribution in [1.82, 2.24) is 0 Å². The van der Waals surface area contributed by atoms with E-state index in [1.165, 1.54) is 22.3 Å². The summed E-state index contributed by atoms with van der Waals surface area (Å²) < 4.78 is 5.54. The Hall–Kier alpha value is -1.84. The van der Waals surface area contributed by atoms with E-state index in [9.17, 15) is 4.79 Å². The number of ether oxygens (including phenoxy) is 1. The summed E-state index contributed by atoms with van der Waals surface area (Å²) in [5.41, 5.74) is 10.8. The zero-order valence-corrected chi connectivity index (χ0v) is 14.9. The standard InChI is InChI=1S/C20H23NO2.ClH/c1-13(2)11-19(21)20(22)23-12-18-16-9-5-3-7-14(16)15-8-4-6-10-17(15)18;/h3-10,13,18-19H,11-12,21H2,1-2H3;1H/t19-;/m0./s1. The van der Waals surface area contributed by atoms with E-state index in [0.717, 1.165) is 0 Å². The van der Waals surface area contributed by atoms with Gasteiger partial charge >= 0.3 is 5.97 Å². The Labute approximate surface area is 149 Å². The summed E-state index contributed by atoms with van der Waals surface area (Å²) in [5.74, 6) is 0.170. The number of carbonyl (C=O) groups excluding carboxylic acids is 1. The van der Waals surface area contributed by atoms with Gasteiger partial charge in [0.05, 0.1) is 0 Å². The van der Waals surface area contributed by atoms with Gasteiger partial charge in [-0.1, -0.05) is 62.4 Å². The monoisotopic (exact) mass is 345 g/mol. The van der Waals surface area contributed by atoms with Gasteiger partial charge < -0.3 is 10.5 Å². The number of esters is 1. The fourth-order valence-electron chi connectivity index (χ4n) is 3.32. The van der Waals surface area contributed by atoms with Crippen molar-refractivity contribution in [3.63, 3.8) is 0 Å². The molecule has 1 atom stereocenters. The molecule has 0 aliphatic heterocycles. The lowest BCUT2D eigenvalue weighted by Crippen LogP contribution is -2.34. The molecule has 2 N–H and O–H groups in total. The molecule has 0 radical (unpaired) electrons. The molecule has 128 valence electrons. The largest absolute Gasteiger partial charge is 0.464 e. The topological polar surface area (TPSA) is 52.3 Å². The van der Waals surface area contributed by atoms with Crippen LogP contribution < -0.4 is 5.73 Å². The summed E-state index contributed by atoms with van der Waals surface area (Å²) in [6.07, 6.45) is 0.649. The first-order valence-corrected chi connectivity index (χ1v) is 8.18. The van der Waals surface area contributed by atoms with Crippen molar-refractivity contribution in [2.24, 2.45) is 11.7 Å². The van der Waals surface area contributed by atoms with E-state index < -0.39 is 6.04 Å². The van der Waals surface area contributed by atoms with Crippen LogP contribution in [0.3, 0.4) is 0 Å². The number of benzene rings is 2. The van der Waals surface area contributed by atoms with Crippen molar-refractivity contribution in [3.05, 3.63) is 59.7 Å². The summed E-state index contributed by atoms with van der Waals surface area (Å²) in [6, 6.07) is 16.1. The van der Waals surface area contributed by atoms with Crippen molar-refractivity contribution in [1.29, 1.82) is 0 Å². The Balaban J connectivity index is 0.00000208. The summed E-state index contributed by atoms with van der Waals surface area (Å²) in [5, 5.41) is 0. The minimum atomic E-state index is -0.540. The van der Waals surface area contributed by atoms with Crippen LogP contribution in [0.25, 0.3) is 11.1 Å². The van der Waals surface area contributed by atoms with Crippen LogP contribution in [0.5, 0.6) is 0 Å². The van der Waals surface area contributed by atoms with Gasteiger partial charge in [-0.05, 0) is 34.6 Å². The molecule has 0 saturated heterocycles. The van der Waals surface area contributed by atoms with Gasteiger partial charge in [0.2, 0.25) is 0 Å². The summed E-state index contributed by atoms with van der Waals surface area (Å²) >= 11 is 0. The minimum Gasteiger partial charge on any atom is -0.464 e. The molecule has 1 aliphatic carbocycles. The maximum absolute atomic E-state index is 12.1. The zero-order chi connectivity index (χ0) is 16.4. The van der Waals surface area contributed by atoms with Gasteiger partial charge in [-0.2, -0.15) is 0 Å². The minimum absolute atomic E-state index is 0. The molecule has 0 bridgehead atoms. The molecule has 0 saturated carbocycles. The van der Waals surface area contributed by atoms with Gasteiger partial charge in [0.25, 0.3) is 0 Å². The van der Waals surface area contributed by atoms with Crippen molar-refractivity contribution < 1.29 is 9.53 Å². The van der Waals surface area contributed by atoms with E-state index in [2.05, 4.69) is 38.1 Å². The fraction of sp³-hybridized carbons (Fsp3) is 0.350. The molecular weight excluding hydrogens is 322 g/mol.